The van der Waals surface area contributed by atoms with Crippen molar-refractivity contribution in [3.05, 3.63) is 54.4 Å². The second-order valence-corrected chi connectivity index (χ2v) is 4.09. The lowest BCUT2D eigenvalue weighted by molar-refractivity contribution is 0.307. The molecule has 2 aromatic rings. The maximum Gasteiger partial charge on any atom is 0.142 e. The van der Waals surface area contributed by atoms with Gasteiger partial charge in [0.15, 0.2) is 0 Å². The summed E-state index contributed by atoms with van der Waals surface area (Å²) in [6.07, 6.45) is 3.67. The first-order valence-electron chi connectivity index (χ1n) is 5.79. The van der Waals surface area contributed by atoms with E-state index in [-0.39, 0.29) is 0 Å². The lowest BCUT2D eigenvalue weighted by atomic mass is 10.2. The van der Waals surface area contributed by atoms with Crippen LogP contribution in [0.2, 0.25) is 0 Å². The summed E-state index contributed by atoms with van der Waals surface area (Å²) in [5.41, 5.74) is 2.45. The smallest absolute Gasteiger partial charge is 0.142 e. The van der Waals surface area contributed by atoms with Gasteiger partial charge in [-0.05, 0) is 29.8 Å². The molecule has 86 valence electrons. The minimum atomic E-state index is 0.752. The molecule has 2 heterocycles. The van der Waals surface area contributed by atoms with Gasteiger partial charge in [0.2, 0.25) is 0 Å². The quantitative estimate of drug-likeness (QED) is 0.786. The van der Waals surface area contributed by atoms with Gasteiger partial charge in [-0.25, -0.2) is 0 Å². The zero-order valence-electron chi connectivity index (χ0n) is 9.54. The van der Waals surface area contributed by atoms with Crippen LogP contribution < -0.4 is 9.64 Å². The number of pyridine rings is 1. The van der Waals surface area contributed by atoms with Gasteiger partial charge in [0.1, 0.15) is 12.4 Å². The van der Waals surface area contributed by atoms with Crippen molar-refractivity contribution in [1.82, 2.24) is 4.98 Å². The van der Waals surface area contributed by atoms with E-state index in [1.54, 1.807) is 0 Å². The Bertz CT molecular complexity index is 499. The fraction of sp³-hybridized carbons (Fsp3) is 0.214. The molecule has 0 saturated heterocycles. The molecule has 0 fully saturated rings. The molecule has 0 unspecified atom stereocenters. The predicted molar refractivity (Wildman–Crippen MR) is 67.2 cm³/mol. The van der Waals surface area contributed by atoms with Crippen LogP contribution in [0.15, 0.2) is 48.8 Å². The van der Waals surface area contributed by atoms with Gasteiger partial charge in [-0.2, -0.15) is 0 Å². The molecule has 0 amide bonds. The van der Waals surface area contributed by atoms with Crippen LogP contribution in [0.5, 0.6) is 5.75 Å². The van der Waals surface area contributed by atoms with E-state index in [1.807, 2.05) is 30.6 Å². The third kappa shape index (κ3) is 2.09. The summed E-state index contributed by atoms with van der Waals surface area (Å²) in [5.74, 6) is 0.979. The first kappa shape index (κ1) is 10.1. The number of rotatable bonds is 2. The molecule has 0 bridgehead atoms. The second kappa shape index (κ2) is 4.45. The summed E-state index contributed by atoms with van der Waals surface area (Å²) in [6.45, 7) is 2.59. The van der Waals surface area contributed by atoms with E-state index in [2.05, 4.69) is 28.1 Å². The van der Waals surface area contributed by atoms with Gasteiger partial charge in [0.25, 0.3) is 0 Å². The Balaban J connectivity index is 1.86. The number of aromatic nitrogens is 1. The van der Waals surface area contributed by atoms with Crippen molar-refractivity contribution >= 4 is 5.69 Å². The largest absolute Gasteiger partial charge is 0.490 e. The number of anilines is 1. The number of hydrogen-bond acceptors (Lipinski definition) is 3. The molecule has 0 atom stereocenters. The summed E-state index contributed by atoms with van der Waals surface area (Å²) >= 11 is 0. The van der Waals surface area contributed by atoms with Crippen LogP contribution >= 0.6 is 0 Å². The van der Waals surface area contributed by atoms with Gasteiger partial charge >= 0.3 is 0 Å². The molecule has 1 aromatic carbocycles. The third-order valence-electron chi connectivity index (χ3n) is 2.95. The number of para-hydroxylation sites is 2. The van der Waals surface area contributed by atoms with Gasteiger partial charge in [0, 0.05) is 18.9 Å². The molecule has 0 saturated carbocycles. The third-order valence-corrected chi connectivity index (χ3v) is 2.95. The fourth-order valence-electron chi connectivity index (χ4n) is 2.10. The lowest BCUT2D eigenvalue weighted by Gasteiger charge is -2.31. The van der Waals surface area contributed by atoms with Crippen LogP contribution in [-0.4, -0.2) is 18.1 Å². The highest BCUT2D eigenvalue weighted by molar-refractivity contribution is 5.59. The SMILES string of the molecule is c1ccc2c(c1)OCCN2Cc1ccncc1. The summed E-state index contributed by atoms with van der Waals surface area (Å²) in [6, 6.07) is 12.3. The van der Waals surface area contributed by atoms with Crippen molar-refractivity contribution in [2.24, 2.45) is 0 Å². The topological polar surface area (TPSA) is 25.4 Å². The van der Waals surface area contributed by atoms with Crippen molar-refractivity contribution in [3.8, 4) is 5.75 Å². The molecule has 1 aromatic heterocycles. The van der Waals surface area contributed by atoms with E-state index < -0.39 is 0 Å². The number of nitrogens with zero attached hydrogens (tertiary/aromatic N) is 2. The van der Waals surface area contributed by atoms with Gasteiger partial charge in [-0.1, -0.05) is 12.1 Å². The van der Waals surface area contributed by atoms with E-state index >= 15 is 0 Å². The predicted octanol–water partition coefficient (Wildman–Crippen LogP) is 2.48. The molecular weight excluding hydrogens is 212 g/mol. The molecular formula is C14H14N2O. The van der Waals surface area contributed by atoms with Crippen molar-refractivity contribution in [1.29, 1.82) is 0 Å². The zero-order valence-corrected chi connectivity index (χ0v) is 9.54. The Labute approximate surface area is 101 Å². The zero-order chi connectivity index (χ0) is 11.5. The van der Waals surface area contributed by atoms with Crippen molar-refractivity contribution in [2.45, 2.75) is 6.54 Å². The van der Waals surface area contributed by atoms with Gasteiger partial charge in [0.05, 0.1) is 12.2 Å². The van der Waals surface area contributed by atoms with E-state index in [0.29, 0.717) is 0 Å². The molecule has 17 heavy (non-hydrogen) atoms. The van der Waals surface area contributed by atoms with Crippen LogP contribution in [0.4, 0.5) is 5.69 Å². The molecule has 3 heteroatoms. The molecule has 3 nitrogen and oxygen atoms in total. The number of fused-ring (bicyclic) bond motifs is 1. The highest BCUT2D eigenvalue weighted by atomic mass is 16.5. The molecule has 3 rings (SSSR count). The van der Waals surface area contributed by atoms with Gasteiger partial charge in [-0.15, -0.1) is 0 Å². The van der Waals surface area contributed by atoms with E-state index in [1.165, 1.54) is 11.3 Å². The number of hydrogen-bond donors (Lipinski definition) is 0. The molecule has 0 spiro atoms. The Morgan fingerprint density at radius 1 is 1.12 bits per heavy atom. The summed E-state index contributed by atoms with van der Waals surface area (Å²) in [5, 5.41) is 0. The highest BCUT2D eigenvalue weighted by Crippen LogP contribution is 2.31. The first-order chi connectivity index (χ1) is 8.43. The van der Waals surface area contributed by atoms with Crippen LogP contribution in [-0.2, 0) is 6.54 Å². The highest BCUT2D eigenvalue weighted by Gasteiger charge is 2.16. The van der Waals surface area contributed by atoms with Crippen LogP contribution in [0.1, 0.15) is 5.56 Å². The Morgan fingerprint density at radius 2 is 1.94 bits per heavy atom. The second-order valence-electron chi connectivity index (χ2n) is 4.09. The van der Waals surface area contributed by atoms with Gasteiger partial charge in [-0.3, -0.25) is 4.98 Å². The maximum atomic E-state index is 5.64. The standard InChI is InChI=1S/C14H14N2O/c1-2-4-14-13(3-1)16(9-10-17-14)11-12-5-7-15-8-6-12/h1-8H,9-11H2. The number of ether oxygens (including phenoxy) is 1. The lowest BCUT2D eigenvalue weighted by Crippen LogP contribution is -2.32. The summed E-state index contributed by atoms with van der Waals surface area (Å²) in [7, 11) is 0. The van der Waals surface area contributed by atoms with Crippen molar-refractivity contribution in [2.75, 3.05) is 18.1 Å². The van der Waals surface area contributed by atoms with Crippen molar-refractivity contribution < 1.29 is 4.74 Å². The molecule has 0 N–H and O–H groups in total. The van der Waals surface area contributed by atoms with E-state index in [0.717, 1.165) is 25.4 Å². The minimum Gasteiger partial charge on any atom is -0.490 e. The van der Waals surface area contributed by atoms with Crippen LogP contribution in [0.25, 0.3) is 0 Å². The Hall–Kier alpha value is -2.03. The maximum absolute atomic E-state index is 5.64. The Morgan fingerprint density at radius 3 is 2.82 bits per heavy atom. The van der Waals surface area contributed by atoms with Crippen molar-refractivity contribution in [3.63, 3.8) is 0 Å². The molecule has 1 aliphatic rings. The fourth-order valence-corrected chi connectivity index (χ4v) is 2.10. The van der Waals surface area contributed by atoms with E-state index in [4.69, 9.17) is 4.74 Å². The van der Waals surface area contributed by atoms with Crippen LogP contribution in [0.3, 0.4) is 0 Å². The average Bonchev–Trinajstić information content (AvgIpc) is 2.40. The molecule has 0 radical (unpaired) electrons. The molecule has 0 aliphatic carbocycles. The number of benzene rings is 1. The normalized spacial score (nSPS) is 14.0. The molecule has 1 aliphatic heterocycles. The monoisotopic (exact) mass is 226 g/mol. The van der Waals surface area contributed by atoms with Crippen LogP contribution in [0, 0.1) is 0 Å². The van der Waals surface area contributed by atoms with Gasteiger partial charge < -0.3 is 9.64 Å². The van der Waals surface area contributed by atoms with E-state index in [9.17, 15) is 0 Å². The first-order valence-corrected chi connectivity index (χ1v) is 5.79. The summed E-state index contributed by atoms with van der Waals surface area (Å²) in [4.78, 5) is 6.38. The Kier molecular flexibility index (Phi) is 2.66. The minimum absolute atomic E-state index is 0.752. The summed E-state index contributed by atoms with van der Waals surface area (Å²) < 4.78 is 5.64. The average molecular weight is 226 g/mol.